The third-order valence-electron chi connectivity index (χ3n) is 1.92. The van der Waals surface area contributed by atoms with E-state index < -0.39 is 0 Å². The summed E-state index contributed by atoms with van der Waals surface area (Å²) in [4.78, 5) is 1.00. The van der Waals surface area contributed by atoms with Crippen LogP contribution in [0.15, 0.2) is 23.1 Å². The molecule has 0 radical (unpaired) electrons. The molecule has 68 valence electrons. The van der Waals surface area contributed by atoms with Crippen molar-refractivity contribution in [3.63, 3.8) is 0 Å². The van der Waals surface area contributed by atoms with Crippen molar-refractivity contribution in [2.75, 3.05) is 5.73 Å². The van der Waals surface area contributed by atoms with Gasteiger partial charge < -0.3 is 5.73 Å². The highest BCUT2D eigenvalue weighted by Crippen LogP contribution is 2.35. The Morgan fingerprint density at radius 3 is 2.92 bits per heavy atom. The van der Waals surface area contributed by atoms with E-state index in [1.165, 1.54) is 15.6 Å². The largest absolute Gasteiger partial charge is 0.391 e. The molecule has 2 aromatic rings. The maximum atomic E-state index is 5.75. The fraction of sp³-hybridized carbons (Fsp3) is 0.111. The third kappa shape index (κ3) is 1.58. The molecule has 2 N–H and O–H groups in total. The van der Waals surface area contributed by atoms with Crippen molar-refractivity contribution in [1.82, 2.24) is 0 Å². The zero-order valence-electron chi connectivity index (χ0n) is 6.75. The second kappa shape index (κ2) is 3.52. The van der Waals surface area contributed by atoms with Crippen LogP contribution in [0.1, 0.15) is 5.56 Å². The molecule has 0 saturated carbocycles. The van der Waals surface area contributed by atoms with Gasteiger partial charge in [-0.1, -0.05) is 22.0 Å². The van der Waals surface area contributed by atoms with E-state index in [4.69, 9.17) is 5.73 Å². The number of nitrogen functional groups attached to an aromatic ring is 1. The van der Waals surface area contributed by atoms with Crippen molar-refractivity contribution >= 4 is 55.0 Å². The molecule has 0 fully saturated rings. The quantitative estimate of drug-likeness (QED) is 0.602. The molecule has 0 saturated heterocycles. The average Bonchev–Trinajstić information content (AvgIpc) is 2.48. The lowest BCUT2D eigenvalue weighted by Gasteiger charge is -1.99. The van der Waals surface area contributed by atoms with Crippen LogP contribution in [0.4, 0.5) is 5.00 Å². The SMILES string of the molecule is Nc1cc2c(CBr)ccc(S)c2s1. The standard InChI is InChI=1S/C9H8BrNS2/c10-4-5-1-2-7(12)9-6(5)3-8(11)13-9/h1-3,12H,4,11H2. The molecule has 0 bridgehead atoms. The van der Waals surface area contributed by atoms with Gasteiger partial charge in [-0.05, 0) is 23.1 Å². The highest BCUT2D eigenvalue weighted by atomic mass is 79.9. The second-order valence-electron chi connectivity index (χ2n) is 2.77. The van der Waals surface area contributed by atoms with E-state index >= 15 is 0 Å². The maximum absolute atomic E-state index is 5.75. The van der Waals surface area contributed by atoms with Crippen molar-refractivity contribution in [3.05, 3.63) is 23.8 Å². The van der Waals surface area contributed by atoms with Crippen LogP contribution in [0.2, 0.25) is 0 Å². The summed E-state index contributed by atoms with van der Waals surface area (Å²) in [5.41, 5.74) is 7.02. The normalized spacial score (nSPS) is 10.9. The number of thiol groups is 1. The zero-order chi connectivity index (χ0) is 9.42. The number of hydrogen-bond acceptors (Lipinski definition) is 3. The van der Waals surface area contributed by atoms with Crippen LogP contribution in [0.25, 0.3) is 10.1 Å². The zero-order valence-corrected chi connectivity index (χ0v) is 10.0. The lowest BCUT2D eigenvalue weighted by molar-refractivity contribution is 1.46. The Morgan fingerprint density at radius 2 is 2.23 bits per heavy atom. The molecule has 0 aliphatic rings. The molecule has 0 atom stereocenters. The monoisotopic (exact) mass is 273 g/mol. The molecule has 1 heterocycles. The number of nitrogens with two attached hydrogens (primary N) is 1. The summed E-state index contributed by atoms with van der Waals surface area (Å²) in [6.45, 7) is 0. The van der Waals surface area contributed by atoms with Gasteiger partial charge in [-0.25, -0.2) is 0 Å². The number of fused-ring (bicyclic) bond motifs is 1. The van der Waals surface area contributed by atoms with Gasteiger partial charge in [-0.2, -0.15) is 0 Å². The summed E-state index contributed by atoms with van der Waals surface area (Å²) >= 11 is 9.43. The molecule has 4 heteroatoms. The number of anilines is 1. The Labute approximate surface area is 94.5 Å². The van der Waals surface area contributed by atoms with E-state index in [0.29, 0.717) is 0 Å². The van der Waals surface area contributed by atoms with Gasteiger partial charge in [-0.15, -0.1) is 24.0 Å². The van der Waals surface area contributed by atoms with Crippen molar-refractivity contribution in [2.24, 2.45) is 0 Å². The topological polar surface area (TPSA) is 26.0 Å². The van der Waals surface area contributed by atoms with E-state index in [9.17, 15) is 0 Å². The number of alkyl halides is 1. The summed E-state index contributed by atoms with van der Waals surface area (Å²) in [5.74, 6) is 0. The summed E-state index contributed by atoms with van der Waals surface area (Å²) in [5, 5.41) is 2.92. The van der Waals surface area contributed by atoms with Gasteiger partial charge in [0.2, 0.25) is 0 Å². The summed E-state index contributed by atoms with van der Waals surface area (Å²) in [6.07, 6.45) is 0. The summed E-state index contributed by atoms with van der Waals surface area (Å²) in [6, 6.07) is 6.10. The smallest absolute Gasteiger partial charge is 0.0869 e. The molecule has 0 aliphatic carbocycles. The van der Waals surface area contributed by atoms with E-state index in [0.717, 1.165) is 15.2 Å². The Morgan fingerprint density at radius 1 is 1.46 bits per heavy atom. The maximum Gasteiger partial charge on any atom is 0.0869 e. The van der Waals surface area contributed by atoms with E-state index in [1.807, 2.05) is 12.1 Å². The van der Waals surface area contributed by atoms with Crippen LogP contribution in [-0.4, -0.2) is 0 Å². The number of rotatable bonds is 1. The van der Waals surface area contributed by atoms with Crippen LogP contribution < -0.4 is 5.73 Å². The number of benzene rings is 1. The van der Waals surface area contributed by atoms with Crippen LogP contribution in [0.3, 0.4) is 0 Å². The molecule has 1 aromatic heterocycles. The third-order valence-corrected chi connectivity index (χ3v) is 4.04. The van der Waals surface area contributed by atoms with Crippen molar-refractivity contribution < 1.29 is 0 Å². The minimum atomic E-state index is 0.846. The van der Waals surface area contributed by atoms with Crippen molar-refractivity contribution in [1.29, 1.82) is 0 Å². The first-order valence-corrected chi connectivity index (χ1v) is 6.16. The van der Waals surface area contributed by atoms with E-state index in [-0.39, 0.29) is 0 Å². The molecule has 1 aromatic carbocycles. The Kier molecular flexibility index (Phi) is 2.53. The molecular formula is C9H8BrNS2. The highest BCUT2D eigenvalue weighted by Gasteiger charge is 2.06. The predicted octanol–water partition coefficient (Wildman–Crippen LogP) is 3.67. The predicted molar refractivity (Wildman–Crippen MR) is 66.1 cm³/mol. The number of halogens is 1. The van der Waals surface area contributed by atoms with Gasteiger partial charge in [0.15, 0.2) is 0 Å². The van der Waals surface area contributed by atoms with Gasteiger partial charge in [-0.3, -0.25) is 0 Å². The summed E-state index contributed by atoms with van der Waals surface area (Å²) < 4.78 is 1.18. The minimum Gasteiger partial charge on any atom is -0.391 e. The average molecular weight is 274 g/mol. The van der Waals surface area contributed by atoms with Crippen molar-refractivity contribution in [3.8, 4) is 0 Å². The first kappa shape index (κ1) is 9.37. The summed E-state index contributed by atoms with van der Waals surface area (Å²) in [7, 11) is 0. The van der Waals surface area contributed by atoms with Gasteiger partial charge in [0, 0.05) is 10.2 Å². The first-order valence-electron chi connectivity index (χ1n) is 3.78. The number of hydrogen-bond donors (Lipinski definition) is 2. The number of thiophene rings is 1. The van der Waals surface area contributed by atoms with Gasteiger partial charge in [0.05, 0.1) is 9.70 Å². The Hall–Kier alpha value is -0.190. The van der Waals surface area contributed by atoms with E-state index in [1.54, 1.807) is 11.3 Å². The lowest BCUT2D eigenvalue weighted by atomic mass is 10.1. The molecule has 1 nitrogen and oxygen atoms in total. The Bertz CT molecular complexity index is 450. The minimum absolute atomic E-state index is 0.846. The molecule has 0 aliphatic heterocycles. The molecule has 2 rings (SSSR count). The van der Waals surface area contributed by atoms with Gasteiger partial charge >= 0.3 is 0 Å². The van der Waals surface area contributed by atoms with Crippen molar-refractivity contribution in [2.45, 2.75) is 10.2 Å². The molecule has 0 unspecified atom stereocenters. The van der Waals surface area contributed by atoms with Crippen LogP contribution in [0.5, 0.6) is 0 Å². The molecule has 0 amide bonds. The molecule has 13 heavy (non-hydrogen) atoms. The Balaban J connectivity index is 2.83. The van der Waals surface area contributed by atoms with Gasteiger partial charge in [0.25, 0.3) is 0 Å². The fourth-order valence-corrected chi connectivity index (χ4v) is 3.01. The first-order chi connectivity index (χ1) is 6.22. The van der Waals surface area contributed by atoms with Crippen LogP contribution >= 0.6 is 39.9 Å². The molecule has 0 spiro atoms. The lowest BCUT2D eigenvalue weighted by Crippen LogP contribution is -1.78. The van der Waals surface area contributed by atoms with Crippen LogP contribution in [-0.2, 0) is 5.33 Å². The van der Waals surface area contributed by atoms with Gasteiger partial charge in [0.1, 0.15) is 0 Å². The fourth-order valence-electron chi connectivity index (χ4n) is 1.30. The van der Waals surface area contributed by atoms with Crippen LogP contribution in [0, 0.1) is 0 Å². The highest BCUT2D eigenvalue weighted by molar-refractivity contribution is 9.08. The molecular weight excluding hydrogens is 266 g/mol. The van der Waals surface area contributed by atoms with E-state index in [2.05, 4.69) is 34.6 Å². The second-order valence-corrected chi connectivity index (χ2v) is 4.90.